The van der Waals surface area contributed by atoms with Crippen LogP contribution in [-0.4, -0.2) is 43.1 Å². The van der Waals surface area contributed by atoms with Gasteiger partial charge in [-0.3, -0.25) is 14.3 Å². The van der Waals surface area contributed by atoms with E-state index >= 15 is 0 Å². The minimum Gasteiger partial charge on any atom is -0.466 e. The number of hydrogen-bond acceptors (Lipinski definition) is 8. The van der Waals surface area contributed by atoms with Gasteiger partial charge in [-0.2, -0.15) is 0 Å². The van der Waals surface area contributed by atoms with Crippen molar-refractivity contribution in [2.45, 2.75) is 38.1 Å². The number of carbonyl (C=O) groups is 2. The molecule has 9 heteroatoms. The zero-order chi connectivity index (χ0) is 24.7. The van der Waals surface area contributed by atoms with Gasteiger partial charge in [-0.25, -0.2) is 4.98 Å². The third kappa shape index (κ3) is 7.31. The molecule has 1 aromatic heterocycles. The monoisotopic (exact) mass is 498 g/mol. The molecule has 0 aliphatic heterocycles. The molecular weight excluding hydrogens is 468 g/mol. The molecular formula is C25H30N4O3S2. The number of thiazole rings is 1. The van der Waals surface area contributed by atoms with E-state index in [1.165, 1.54) is 6.92 Å². The molecule has 180 valence electrons. The van der Waals surface area contributed by atoms with Crippen LogP contribution in [0.25, 0.3) is 21.0 Å². The molecule has 2 N–H and O–H groups in total. The van der Waals surface area contributed by atoms with E-state index in [2.05, 4.69) is 35.8 Å². The van der Waals surface area contributed by atoms with Crippen LogP contribution in [0, 0.1) is 0 Å². The smallest absolute Gasteiger partial charge is 0.293 e. The molecule has 1 amide bonds. The van der Waals surface area contributed by atoms with Crippen molar-refractivity contribution in [3.63, 3.8) is 0 Å². The van der Waals surface area contributed by atoms with Gasteiger partial charge < -0.3 is 15.0 Å². The highest BCUT2D eigenvalue weighted by atomic mass is 32.2. The van der Waals surface area contributed by atoms with E-state index < -0.39 is 0 Å². The number of rotatable bonds is 10. The van der Waals surface area contributed by atoms with Crippen molar-refractivity contribution in [1.82, 2.24) is 9.71 Å². The van der Waals surface area contributed by atoms with Crippen LogP contribution in [0.1, 0.15) is 27.7 Å². The second-order valence-electron chi connectivity index (χ2n) is 8.81. The van der Waals surface area contributed by atoms with Gasteiger partial charge in [0, 0.05) is 53.1 Å². The Kier molecular flexibility index (Phi) is 8.71. The second-order valence-corrected chi connectivity index (χ2v) is 10.7. The third-order valence-electron chi connectivity index (χ3n) is 4.71. The van der Waals surface area contributed by atoms with Gasteiger partial charge in [-0.1, -0.05) is 6.07 Å². The summed E-state index contributed by atoms with van der Waals surface area (Å²) in [5.41, 5.74) is 3.83. The summed E-state index contributed by atoms with van der Waals surface area (Å²) in [5, 5.41) is 3.79. The van der Waals surface area contributed by atoms with Crippen LogP contribution in [-0.2, 0) is 14.3 Å². The molecule has 0 radical (unpaired) electrons. The number of nitrogens with one attached hydrogen (secondary N) is 2. The second kappa shape index (κ2) is 11.5. The Bertz CT molecular complexity index is 1120. The summed E-state index contributed by atoms with van der Waals surface area (Å²) >= 11 is 3.17. The number of anilines is 2. The maximum absolute atomic E-state index is 11.5. The number of amides is 1. The Hall–Kier alpha value is -2.88. The first-order valence-corrected chi connectivity index (χ1v) is 12.5. The number of nitrogens with zero attached hydrogens (tertiary/aromatic N) is 2. The third-order valence-corrected chi connectivity index (χ3v) is 7.06. The van der Waals surface area contributed by atoms with Gasteiger partial charge in [0.2, 0.25) is 5.91 Å². The van der Waals surface area contributed by atoms with Crippen molar-refractivity contribution >= 4 is 47.0 Å². The van der Waals surface area contributed by atoms with Gasteiger partial charge in [-0.05, 0) is 69.1 Å². The highest BCUT2D eigenvalue weighted by Gasteiger charge is 2.16. The minimum absolute atomic E-state index is 0.0704. The normalized spacial score (nSPS) is 11.2. The van der Waals surface area contributed by atoms with E-state index in [1.54, 1.807) is 23.3 Å². The predicted molar refractivity (Wildman–Crippen MR) is 141 cm³/mol. The molecule has 3 rings (SSSR count). The first-order chi connectivity index (χ1) is 16.2. The minimum atomic E-state index is -0.0992. The number of aromatic nitrogens is 1. The number of likely N-dealkylation sites (N-methyl/N-ethyl adjacent to an activating group) is 1. The van der Waals surface area contributed by atoms with Crippen LogP contribution < -0.4 is 14.9 Å². The van der Waals surface area contributed by atoms with Gasteiger partial charge in [0.25, 0.3) is 6.47 Å². The van der Waals surface area contributed by atoms with Crippen molar-refractivity contribution in [3.05, 3.63) is 48.7 Å². The summed E-state index contributed by atoms with van der Waals surface area (Å²) in [6.07, 6.45) is 1.89. The zero-order valence-corrected chi connectivity index (χ0v) is 21.7. The van der Waals surface area contributed by atoms with Gasteiger partial charge in [0.05, 0.1) is 11.4 Å². The lowest BCUT2D eigenvalue weighted by atomic mass is 10.1. The standard InChI is InChI=1S/C25H30N4O3S2/c1-17(31)27-19-8-11-21(22(14-19)34-28-25(2,3)4)23-15-26-24(33-23)18-6-9-20(10-7-18)29(5)12-13-32-16-30/h6-11,14-16,28H,12-13H2,1-5H3,(H,27,31). The average Bonchev–Trinajstić information content (AvgIpc) is 3.27. The predicted octanol–water partition coefficient (Wildman–Crippen LogP) is 5.44. The molecule has 0 spiro atoms. The largest absolute Gasteiger partial charge is 0.466 e. The van der Waals surface area contributed by atoms with E-state index in [9.17, 15) is 9.59 Å². The molecule has 1 heterocycles. The zero-order valence-electron chi connectivity index (χ0n) is 20.0. The van der Waals surface area contributed by atoms with E-state index in [0.717, 1.165) is 37.3 Å². The molecule has 3 aromatic rings. The molecule has 0 bridgehead atoms. The summed E-state index contributed by atoms with van der Waals surface area (Å²) in [6, 6.07) is 14.1. The highest BCUT2D eigenvalue weighted by molar-refractivity contribution is 7.97. The Balaban J connectivity index is 1.83. The van der Waals surface area contributed by atoms with Crippen LogP contribution >= 0.6 is 23.3 Å². The lowest BCUT2D eigenvalue weighted by molar-refractivity contribution is -0.128. The van der Waals surface area contributed by atoms with E-state index in [0.29, 0.717) is 19.6 Å². The molecule has 0 atom stereocenters. The lowest BCUT2D eigenvalue weighted by Crippen LogP contribution is -2.29. The summed E-state index contributed by atoms with van der Waals surface area (Å²) in [5.74, 6) is -0.0992. The van der Waals surface area contributed by atoms with Crippen molar-refractivity contribution in [2.75, 3.05) is 30.4 Å². The van der Waals surface area contributed by atoms with Crippen LogP contribution in [0.2, 0.25) is 0 Å². The van der Waals surface area contributed by atoms with E-state index in [4.69, 9.17) is 4.74 Å². The molecule has 0 fully saturated rings. The number of hydrogen-bond donors (Lipinski definition) is 2. The van der Waals surface area contributed by atoms with Crippen molar-refractivity contribution < 1.29 is 14.3 Å². The van der Waals surface area contributed by atoms with Crippen molar-refractivity contribution in [1.29, 1.82) is 0 Å². The molecule has 2 aromatic carbocycles. The van der Waals surface area contributed by atoms with Gasteiger partial charge in [0.1, 0.15) is 11.6 Å². The van der Waals surface area contributed by atoms with Crippen LogP contribution in [0.15, 0.2) is 53.6 Å². The Morgan fingerprint density at radius 2 is 1.94 bits per heavy atom. The molecule has 0 saturated heterocycles. The van der Waals surface area contributed by atoms with Crippen LogP contribution in [0.5, 0.6) is 0 Å². The van der Waals surface area contributed by atoms with Crippen LogP contribution in [0.3, 0.4) is 0 Å². The SMILES string of the molecule is CC(=O)Nc1ccc(-c2cnc(-c3ccc(N(C)CCOC=O)cc3)s2)c(SNC(C)(C)C)c1. The Morgan fingerprint density at radius 1 is 1.21 bits per heavy atom. The van der Waals surface area contributed by atoms with E-state index in [1.807, 2.05) is 60.6 Å². The van der Waals surface area contributed by atoms with Crippen molar-refractivity contribution in [3.8, 4) is 21.0 Å². The van der Waals surface area contributed by atoms with Crippen LogP contribution in [0.4, 0.5) is 11.4 Å². The molecule has 0 saturated carbocycles. The Morgan fingerprint density at radius 3 is 2.59 bits per heavy atom. The lowest BCUT2D eigenvalue weighted by Gasteiger charge is -2.20. The fraction of sp³-hybridized carbons (Fsp3) is 0.320. The average molecular weight is 499 g/mol. The highest BCUT2D eigenvalue weighted by Crippen LogP contribution is 2.38. The fourth-order valence-electron chi connectivity index (χ4n) is 3.06. The van der Waals surface area contributed by atoms with E-state index in [-0.39, 0.29) is 11.4 Å². The molecule has 7 nitrogen and oxygen atoms in total. The van der Waals surface area contributed by atoms with Gasteiger partial charge >= 0.3 is 0 Å². The fourth-order valence-corrected chi connectivity index (χ4v) is 4.97. The topological polar surface area (TPSA) is 83.6 Å². The summed E-state index contributed by atoms with van der Waals surface area (Å²) < 4.78 is 8.24. The maximum Gasteiger partial charge on any atom is 0.293 e. The number of carbonyl (C=O) groups excluding carboxylic acids is 2. The molecule has 0 aliphatic carbocycles. The van der Waals surface area contributed by atoms with Crippen molar-refractivity contribution in [2.24, 2.45) is 0 Å². The molecule has 0 aliphatic rings. The molecule has 0 unspecified atom stereocenters. The quantitative estimate of drug-likeness (QED) is 0.219. The number of ether oxygens (including phenoxy) is 1. The summed E-state index contributed by atoms with van der Waals surface area (Å²) in [7, 11) is 1.96. The summed E-state index contributed by atoms with van der Waals surface area (Å²) in [6.45, 7) is 9.27. The number of benzene rings is 2. The maximum atomic E-state index is 11.5. The molecule has 34 heavy (non-hydrogen) atoms. The first kappa shape index (κ1) is 25.7. The summed E-state index contributed by atoms with van der Waals surface area (Å²) in [4.78, 5) is 30.6. The van der Waals surface area contributed by atoms with Gasteiger partial charge in [0.15, 0.2) is 0 Å². The first-order valence-electron chi connectivity index (χ1n) is 10.8. The van der Waals surface area contributed by atoms with Gasteiger partial charge in [-0.15, -0.1) is 11.3 Å². The Labute approximate surface area is 209 Å².